The number of ether oxygens (including phenoxy) is 1. The minimum absolute atomic E-state index is 0.102. The summed E-state index contributed by atoms with van der Waals surface area (Å²) in [5, 5.41) is 0. The summed E-state index contributed by atoms with van der Waals surface area (Å²) in [6.07, 6.45) is 2.56. The summed E-state index contributed by atoms with van der Waals surface area (Å²) < 4.78 is 6.31. The summed E-state index contributed by atoms with van der Waals surface area (Å²) in [5.74, 6) is -2.34. The fourth-order valence-corrected chi connectivity index (χ4v) is 1.90. The molecule has 114 valence electrons. The molecule has 0 bridgehead atoms. The van der Waals surface area contributed by atoms with Gasteiger partial charge in [0.15, 0.2) is 5.78 Å². The minimum atomic E-state index is -0.987. The quantitative estimate of drug-likeness (QED) is 0.336. The van der Waals surface area contributed by atoms with Gasteiger partial charge >= 0.3 is 5.97 Å². The lowest BCUT2D eigenvalue weighted by atomic mass is 10.1. The Morgan fingerprint density at radius 3 is 2.59 bits per heavy atom. The van der Waals surface area contributed by atoms with Crippen molar-refractivity contribution in [2.75, 3.05) is 6.61 Å². The Balaban J connectivity index is 1.97. The van der Waals surface area contributed by atoms with Crippen molar-refractivity contribution in [3.8, 4) is 0 Å². The van der Waals surface area contributed by atoms with Crippen LogP contribution in [0.3, 0.4) is 0 Å². The van der Waals surface area contributed by atoms with Crippen molar-refractivity contribution in [1.29, 1.82) is 0 Å². The van der Waals surface area contributed by atoms with E-state index in [4.69, 9.17) is 0 Å². The topological polar surface area (TPSA) is 78.3 Å². The van der Waals surface area contributed by atoms with Crippen LogP contribution in [0.2, 0.25) is 0 Å². The number of imidazole rings is 1. The van der Waals surface area contributed by atoms with Crippen molar-refractivity contribution < 1.29 is 19.1 Å². The summed E-state index contributed by atoms with van der Waals surface area (Å²) >= 11 is 0. The van der Waals surface area contributed by atoms with E-state index in [1.54, 1.807) is 17.7 Å². The normalized spacial score (nSPS) is 10.2. The predicted octanol–water partition coefficient (Wildman–Crippen LogP) is 1.64. The molecule has 6 nitrogen and oxygen atoms in total. The minimum Gasteiger partial charge on any atom is -0.460 e. The lowest BCUT2D eigenvalue weighted by molar-refractivity contribution is -0.153. The predicted molar refractivity (Wildman–Crippen MR) is 78.4 cm³/mol. The van der Waals surface area contributed by atoms with Crippen LogP contribution in [0.1, 0.15) is 29.4 Å². The second-order valence-corrected chi connectivity index (χ2v) is 4.66. The molecule has 0 radical (unpaired) electrons. The van der Waals surface area contributed by atoms with Crippen molar-refractivity contribution >= 4 is 17.5 Å². The molecule has 1 heterocycles. The highest BCUT2D eigenvalue weighted by Gasteiger charge is 2.21. The summed E-state index contributed by atoms with van der Waals surface area (Å²) in [5.41, 5.74) is 1.23. The monoisotopic (exact) mass is 300 g/mol. The zero-order chi connectivity index (χ0) is 15.9. The molecule has 1 aromatic carbocycles. The molecular weight excluding hydrogens is 284 g/mol. The van der Waals surface area contributed by atoms with Gasteiger partial charge in [0.25, 0.3) is 0 Å². The van der Waals surface area contributed by atoms with Crippen LogP contribution in [-0.2, 0) is 20.9 Å². The number of ketones is 2. The van der Waals surface area contributed by atoms with Crippen molar-refractivity contribution in [3.05, 3.63) is 54.1 Å². The van der Waals surface area contributed by atoms with Gasteiger partial charge in [-0.3, -0.25) is 9.59 Å². The number of aromatic nitrogens is 2. The van der Waals surface area contributed by atoms with E-state index in [2.05, 4.69) is 9.72 Å². The number of benzene rings is 1. The molecule has 0 saturated heterocycles. The van der Waals surface area contributed by atoms with Crippen LogP contribution >= 0.6 is 0 Å². The lowest BCUT2D eigenvalue weighted by Gasteiger charge is -2.01. The van der Waals surface area contributed by atoms with Crippen molar-refractivity contribution in [2.24, 2.45) is 0 Å². The number of hydrogen-bond acceptors (Lipinski definition) is 5. The van der Waals surface area contributed by atoms with Gasteiger partial charge in [-0.1, -0.05) is 30.3 Å². The molecule has 0 saturated carbocycles. The van der Waals surface area contributed by atoms with E-state index in [0.29, 0.717) is 6.54 Å². The molecule has 0 N–H and O–H groups in total. The third kappa shape index (κ3) is 4.12. The Hall–Kier alpha value is -2.76. The SMILES string of the molecule is CCOC(=O)C(=O)CC(=O)c1cn(Cc2ccccc2)cn1. The van der Waals surface area contributed by atoms with Crippen LogP contribution in [-0.4, -0.2) is 33.7 Å². The Bertz CT molecular complexity index is 676. The zero-order valence-corrected chi connectivity index (χ0v) is 12.2. The summed E-state index contributed by atoms with van der Waals surface area (Å²) in [4.78, 5) is 38.6. The molecule has 0 amide bonds. The first-order valence-electron chi connectivity index (χ1n) is 6.89. The largest absolute Gasteiger partial charge is 0.460 e. The third-order valence-electron chi connectivity index (χ3n) is 2.95. The molecule has 6 heteroatoms. The van der Waals surface area contributed by atoms with E-state index in [-0.39, 0.29) is 12.3 Å². The van der Waals surface area contributed by atoms with Gasteiger partial charge in [0.05, 0.1) is 19.4 Å². The van der Waals surface area contributed by atoms with Gasteiger partial charge in [0.2, 0.25) is 5.78 Å². The zero-order valence-electron chi connectivity index (χ0n) is 12.2. The Morgan fingerprint density at radius 2 is 1.91 bits per heavy atom. The van der Waals surface area contributed by atoms with Gasteiger partial charge < -0.3 is 9.30 Å². The van der Waals surface area contributed by atoms with Gasteiger partial charge in [-0.05, 0) is 12.5 Å². The van der Waals surface area contributed by atoms with Crippen LogP contribution in [0.5, 0.6) is 0 Å². The molecule has 0 atom stereocenters. The first kappa shape index (κ1) is 15.6. The van der Waals surface area contributed by atoms with Crippen LogP contribution in [0, 0.1) is 0 Å². The number of hydrogen-bond donors (Lipinski definition) is 0. The smallest absolute Gasteiger partial charge is 0.375 e. The molecule has 22 heavy (non-hydrogen) atoms. The third-order valence-corrected chi connectivity index (χ3v) is 2.95. The highest BCUT2D eigenvalue weighted by Crippen LogP contribution is 2.06. The molecule has 0 aliphatic heterocycles. The van der Waals surface area contributed by atoms with Gasteiger partial charge in [-0.15, -0.1) is 0 Å². The maximum atomic E-state index is 11.9. The number of Topliss-reactive ketones (excluding diaryl/α,β-unsaturated/α-hetero) is 2. The van der Waals surface area contributed by atoms with Crippen LogP contribution in [0.15, 0.2) is 42.9 Å². The molecular formula is C16H16N2O4. The van der Waals surface area contributed by atoms with Crippen LogP contribution < -0.4 is 0 Å². The first-order chi connectivity index (χ1) is 10.6. The highest BCUT2D eigenvalue weighted by atomic mass is 16.5. The van der Waals surface area contributed by atoms with E-state index in [1.807, 2.05) is 30.3 Å². The Labute approximate surface area is 127 Å². The van der Waals surface area contributed by atoms with Crippen molar-refractivity contribution in [3.63, 3.8) is 0 Å². The van der Waals surface area contributed by atoms with Crippen molar-refractivity contribution in [1.82, 2.24) is 9.55 Å². The number of carbonyl (C=O) groups excluding carboxylic acids is 3. The average molecular weight is 300 g/mol. The summed E-state index contributed by atoms with van der Waals surface area (Å²) in [6.45, 7) is 2.27. The standard InChI is InChI=1S/C16H16N2O4/c1-2-22-16(21)15(20)8-14(19)13-10-18(11-17-13)9-12-6-4-3-5-7-12/h3-7,10-11H,2,8-9H2,1H3. The van der Waals surface area contributed by atoms with E-state index in [9.17, 15) is 14.4 Å². The van der Waals surface area contributed by atoms with Gasteiger partial charge in [-0.25, -0.2) is 9.78 Å². The van der Waals surface area contributed by atoms with Crippen molar-refractivity contribution in [2.45, 2.75) is 19.9 Å². The fourth-order valence-electron chi connectivity index (χ4n) is 1.90. The lowest BCUT2D eigenvalue weighted by Crippen LogP contribution is -2.20. The fraction of sp³-hybridized carbons (Fsp3) is 0.250. The number of esters is 1. The molecule has 0 unspecified atom stereocenters. The highest BCUT2D eigenvalue weighted by molar-refractivity contribution is 6.38. The molecule has 0 aliphatic rings. The molecule has 0 fully saturated rings. The summed E-state index contributed by atoms with van der Waals surface area (Å²) in [6, 6.07) is 9.71. The molecule has 0 aliphatic carbocycles. The van der Waals surface area contributed by atoms with Gasteiger partial charge in [0, 0.05) is 12.7 Å². The number of rotatable bonds is 7. The molecule has 2 rings (SSSR count). The first-order valence-corrected chi connectivity index (χ1v) is 6.89. The average Bonchev–Trinajstić information content (AvgIpc) is 2.97. The van der Waals surface area contributed by atoms with E-state index in [0.717, 1.165) is 5.56 Å². The van der Waals surface area contributed by atoms with E-state index in [1.165, 1.54) is 6.33 Å². The van der Waals surface area contributed by atoms with Gasteiger partial charge in [0.1, 0.15) is 5.69 Å². The maximum absolute atomic E-state index is 11.9. The molecule has 0 spiro atoms. The van der Waals surface area contributed by atoms with Crippen LogP contribution in [0.25, 0.3) is 0 Å². The Kier molecular flexibility index (Phi) is 5.19. The maximum Gasteiger partial charge on any atom is 0.375 e. The van der Waals surface area contributed by atoms with Gasteiger partial charge in [-0.2, -0.15) is 0 Å². The second kappa shape index (κ2) is 7.31. The second-order valence-electron chi connectivity index (χ2n) is 4.66. The number of carbonyl (C=O) groups is 3. The van der Waals surface area contributed by atoms with E-state index >= 15 is 0 Å². The number of nitrogens with zero attached hydrogens (tertiary/aromatic N) is 2. The van der Waals surface area contributed by atoms with E-state index < -0.39 is 24.0 Å². The summed E-state index contributed by atoms with van der Waals surface area (Å²) in [7, 11) is 0. The Morgan fingerprint density at radius 1 is 1.18 bits per heavy atom. The van der Waals surface area contributed by atoms with Crippen LogP contribution in [0.4, 0.5) is 0 Å². The molecule has 1 aromatic heterocycles. The molecule has 2 aromatic rings.